The maximum absolute atomic E-state index is 11.8. The molecule has 3 heteroatoms. The Kier molecular flexibility index (Phi) is 3.60. The topological polar surface area (TPSA) is 42.0 Å². The monoisotopic (exact) mass is 242 g/mol. The van der Waals surface area contributed by atoms with Gasteiger partial charge >= 0.3 is 0 Å². The van der Waals surface area contributed by atoms with Gasteiger partial charge in [0.15, 0.2) is 0 Å². The summed E-state index contributed by atoms with van der Waals surface area (Å²) in [5, 5.41) is 3.96. The van der Waals surface area contributed by atoms with Crippen LogP contribution in [-0.2, 0) is 4.79 Å². The van der Waals surface area contributed by atoms with E-state index in [0.29, 0.717) is 12.3 Å². The Morgan fingerprint density at radius 1 is 1.33 bits per heavy atom. The van der Waals surface area contributed by atoms with Crippen molar-refractivity contribution in [2.45, 2.75) is 27.2 Å². The van der Waals surface area contributed by atoms with E-state index in [0.717, 1.165) is 22.2 Å². The fourth-order valence-electron chi connectivity index (χ4n) is 1.99. The molecule has 1 amide bonds. The standard InChI is InChI=1S/C15H18N2O/c1-10(2)9-14(18)17-13-7-6-11(3)15-12(13)5-4-8-16-15/h4-8,10H,9H2,1-3H3,(H,17,18). The third-order valence-corrected chi connectivity index (χ3v) is 2.84. The van der Waals surface area contributed by atoms with Crippen LogP contribution in [0, 0.1) is 12.8 Å². The van der Waals surface area contributed by atoms with Crippen LogP contribution in [0.25, 0.3) is 10.9 Å². The number of amides is 1. The Labute approximate surface area is 107 Å². The number of aryl methyl sites for hydroxylation is 1. The first-order chi connectivity index (χ1) is 8.58. The summed E-state index contributed by atoms with van der Waals surface area (Å²) in [6.07, 6.45) is 2.31. The van der Waals surface area contributed by atoms with Crippen molar-refractivity contribution in [2.75, 3.05) is 5.32 Å². The Bertz CT molecular complexity index is 576. The van der Waals surface area contributed by atoms with Crippen LogP contribution in [0.1, 0.15) is 25.8 Å². The van der Waals surface area contributed by atoms with Crippen molar-refractivity contribution in [1.29, 1.82) is 0 Å². The number of pyridine rings is 1. The SMILES string of the molecule is Cc1ccc(NC(=O)CC(C)C)c2cccnc12. The molecule has 94 valence electrons. The maximum Gasteiger partial charge on any atom is 0.224 e. The zero-order valence-electron chi connectivity index (χ0n) is 11.0. The van der Waals surface area contributed by atoms with E-state index in [1.165, 1.54) is 0 Å². The molecule has 2 rings (SSSR count). The Morgan fingerprint density at radius 3 is 2.83 bits per heavy atom. The highest BCUT2D eigenvalue weighted by molar-refractivity contribution is 6.01. The molecular weight excluding hydrogens is 224 g/mol. The highest BCUT2D eigenvalue weighted by atomic mass is 16.1. The number of hydrogen-bond donors (Lipinski definition) is 1. The highest BCUT2D eigenvalue weighted by Gasteiger charge is 2.09. The molecule has 0 radical (unpaired) electrons. The number of anilines is 1. The zero-order valence-corrected chi connectivity index (χ0v) is 11.0. The quantitative estimate of drug-likeness (QED) is 0.894. The molecule has 0 aliphatic carbocycles. The Hall–Kier alpha value is -1.90. The normalized spacial score (nSPS) is 10.9. The van der Waals surface area contributed by atoms with Crippen molar-refractivity contribution in [2.24, 2.45) is 5.92 Å². The second-order valence-electron chi connectivity index (χ2n) is 4.98. The van der Waals surface area contributed by atoms with E-state index >= 15 is 0 Å². The van der Waals surface area contributed by atoms with Crippen molar-refractivity contribution in [3.63, 3.8) is 0 Å². The minimum Gasteiger partial charge on any atom is -0.325 e. The van der Waals surface area contributed by atoms with Crippen molar-refractivity contribution in [1.82, 2.24) is 4.98 Å². The molecule has 0 bridgehead atoms. The van der Waals surface area contributed by atoms with Gasteiger partial charge in [0.05, 0.1) is 11.2 Å². The first kappa shape index (κ1) is 12.6. The van der Waals surface area contributed by atoms with Gasteiger partial charge in [0.1, 0.15) is 0 Å². The number of hydrogen-bond acceptors (Lipinski definition) is 2. The summed E-state index contributed by atoms with van der Waals surface area (Å²) in [6.45, 7) is 6.10. The summed E-state index contributed by atoms with van der Waals surface area (Å²) >= 11 is 0. The molecule has 0 spiro atoms. The van der Waals surface area contributed by atoms with Gasteiger partial charge in [-0.05, 0) is 36.6 Å². The number of nitrogens with one attached hydrogen (secondary N) is 1. The molecule has 0 aliphatic heterocycles. The van der Waals surface area contributed by atoms with Crippen LogP contribution in [0.3, 0.4) is 0 Å². The summed E-state index contributed by atoms with van der Waals surface area (Å²) < 4.78 is 0. The molecule has 0 aliphatic rings. The van der Waals surface area contributed by atoms with Crippen LogP contribution in [0.15, 0.2) is 30.5 Å². The lowest BCUT2D eigenvalue weighted by Crippen LogP contribution is -2.14. The molecule has 0 atom stereocenters. The van der Waals surface area contributed by atoms with Gasteiger partial charge in [0, 0.05) is 18.0 Å². The molecule has 1 heterocycles. The van der Waals surface area contributed by atoms with E-state index in [9.17, 15) is 4.79 Å². The predicted octanol–water partition coefficient (Wildman–Crippen LogP) is 3.53. The van der Waals surface area contributed by atoms with Gasteiger partial charge in [0.2, 0.25) is 5.91 Å². The second kappa shape index (κ2) is 5.17. The van der Waals surface area contributed by atoms with E-state index in [1.807, 2.05) is 45.0 Å². The van der Waals surface area contributed by atoms with Crippen molar-refractivity contribution >= 4 is 22.5 Å². The third-order valence-electron chi connectivity index (χ3n) is 2.84. The molecule has 0 saturated heterocycles. The Morgan fingerprint density at radius 2 is 2.11 bits per heavy atom. The predicted molar refractivity (Wildman–Crippen MR) is 74.6 cm³/mol. The molecule has 0 saturated carbocycles. The van der Waals surface area contributed by atoms with Crippen LogP contribution >= 0.6 is 0 Å². The summed E-state index contributed by atoms with van der Waals surface area (Å²) in [5.41, 5.74) is 2.90. The van der Waals surface area contributed by atoms with Gasteiger partial charge in [-0.3, -0.25) is 9.78 Å². The number of benzene rings is 1. The van der Waals surface area contributed by atoms with Gasteiger partial charge in [-0.25, -0.2) is 0 Å². The molecular formula is C15H18N2O. The summed E-state index contributed by atoms with van der Waals surface area (Å²) in [7, 11) is 0. The van der Waals surface area contributed by atoms with Crippen molar-refractivity contribution in [3.05, 3.63) is 36.0 Å². The molecule has 1 N–H and O–H groups in total. The van der Waals surface area contributed by atoms with E-state index in [1.54, 1.807) is 6.20 Å². The average molecular weight is 242 g/mol. The molecule has 0 unspecified atom stereocenters. The first-order valence-corrected chi connectivity index (χ1v) is 6.22. The van der Waals surface area contributed by atoms with Crippen molar-refractivity contribution < 1.29 is 4.79 Å². The van der Waals surface area contributed by atoms with Gasteiger partial charge < -0.3 is 5.32 Å². The highest BCUT2D eigenvalue weighted by Crippen LogP contribution is 2.24. The molecule has 18 heavy (non-hydrogen) atoms. The van der Waals surface area contributed by atoms with Gasteiger partial charge in [-0.1, -0.05) is 19.9 Å². The summed E-state index contributed by atoms with van der Waals surface area (Å²) in [5.74, 6) is 0.416. The molecule has 2 aromatic rings. The zero-order chi connectivity index (χ0) is 13.1. The number of aromatic nitrogens is 1. The van der Waals surface area contributed by atoms with E-state index < -0.39 is 0 Å². The minimum atomic E-state index is 0.0546. The smallest absolute Gasteiger partial charge is 0.224 e. The molecule has 1 aromatic heterocycles. The summed E-state index contributed by atoms with van der Waals surface area (Å²) in [6, 6.07) is 7.80. The van der Waals surface area contributed by atoms with Gasteiger partial charge in [-0.2, -0.15) is 0 Å². The van der Waals surface area contributed by atoms with Crippen molar-refractivity contribution in [3.8, 4) is 0 Å². The number of carbonyl (C=O) groups is 1. The number of carbonyl (C=O) groups excluding carboxylic acids is 1. The minimum absolute atomic E-state index is 0.0546. The number of rotatable bonds is 3. The van der Waals surface area contributed by atoms with Crippen LogP contribution < -0.4 is 5.32 Å². The van der Waals surface area contributed by atoms with Gasteiger partial charge in [0.25, 0.3) is 0 Å². The number of nitrogens with zero attached hydrogens (tertiary/aromatic N) is 1. The molecule has 1 aromatic carbocycles. The number of fused-ring (bicyclic) bond motifs is 1. The average Bonchev–Trinajstić information content (AvgIpc) is 2.32. The van der Waals surface area contributed by atoms with E-state index in [2.05, 4.69) is 10.3 Å². The van der Waals surface area contributed by atoms with E-state index in [4.69, 9.17) is 0 Å². The van der Waals surface area contributed by atoms with Crippen LogP contribution in [0.4, 0.5) is 5.69 Å². The lowest BCUT2D eigenvalue weighted by molar-refractivity contribution is -0.116. The van der Waals surface area contributed by atoms with Crippen LogP contribution in [0.5, 0.6) is 0 Å². The van der Waals surface area contributed by atoms with Gasteiger partial charge in [-0.15, -0.1) is 0 Å². The molecule has 0 fully saturated rings. The fourth-order valence-corrected chi connectivity index (χ4v) is 1.99. The summed E-state index contributed by atoms with van der Waals surface area (Å²) in [4.78, 5) is 16.2. The molecule has 3 nitrogen and oxygen atoms in total. The first-order valence-electron chi connectivity index (χ1n) is 6.22. The maximum atomic E-state index is 11.8. The third kappa shape index (κ3) is 2.67. The van der Waals surface area contributed by atoms with E-state index in [-0.39, 0.29) is 5.91 Å². The Balaban J connectivity index is 2.34. The van der Waals surface area contributed by atoms with Crippen LogP contribution in [-0.4, -0.2) is 10.9 Å². The lowest BCUT2D eigenvalue weighted by atomic mass is 10.1. The lowest BCUT2D eigenvalue weighted by Gasteiger charge is -2.10. The van der Waals surface area contributed by atoms with Crippen LogP contribution in [0.2, 0.25) is 0 Å². The second-order valence-corrected chi connectivity index (χ2v) is 4.98. The fraction of sp³-hybridized carbons (Fsp3) is 0.333. The largest absolute Gasteiger partial charge is 0.325 e.